The highest BCUT2D eigenvalue weighted by molar-refractivity contribution is 6.17. The number of carboxylic acid groups (broad SMARTS) is 1. The predicted octanol–water partition coefficient (Wildman–Crippen LogP) is 5.33. The van der Waals surface area contributed by atoms with Crippen LogP contribution in [-0.4, -0.2) is 20.6 Å². The molecule has 2 aromatic carbocycles. The number of rotatable bonds is 5. The van der Waals surface area contributed by atoms with Crippen LogP contribution in [-0.2, 0) is 13.0 Å². The third kappa shape index (κ3) is 3.22. The van der Waals surface area contributed by atoms with Gasteiger partial charge < -0.3 is 19.1 Å². The number of aromatic carboxylic acids is 1. The van der Waals surface area contributed by atoms with Crippen molar-refractivity contribution < 1.29 is 23.1 Å². The molecule has 0 amide bonds. The molecule has 0 fully saturated rings. The smallest absolute Gasteiger partial charge is 0.353 e. The molecule has 0 aliphatic rings. The van der Waals surface area contributed by atoms with Crippen LogP contribution in [0, 0.1) is 11.6 Å². The van der Waals surface area contributed by atoms with Crippen molar-refractivity contribution >= 4 is 27.8 Å². The zero-order chi connectivity index (χ0) is 23.3. The van der Waals surface area contributed by atoms with Crippen LogP contribution in [0.5, 0.6) is 0 Å². The second kappa shape index (κ2) is 7.74. The van der Waals surface area contributed by atoms with Gasteiger partial charge in [-0.2, -0.15) is 0 Å². The summed E-state index contributed by atoms with van der Waals surface area (Å²) in [5.41, 5.74) is 1.39. The number of aryl methyl sites for hydroxylation is 1. The van der Waals surface area contributed by atoms with E-state index in [1.165, 1.54) is 16.8 Å². The van der Waals surface area contributed by atoms with Crippen molar-refractivity contribution in [3.63, 3.8) is 0 Å². The Morgan fingerprint density at radius 3 is 2.70 bits per heavy atom. The van der Waals surface area contributed by atoms with E-state index in [-0.39, 0.29) is 28.9 Å². The number of H-pyrrole nitrogens is 1. The zero-order valence-corrected chi connectivity index (χ0v) is 17.5. The van der Waals surface area contributed by atoms with E-state index in [0.29, 0.717) is 22.9 Å². The van der Waals surface area contributed by atoms with Gasteiger partial charge in [-0.05, 0) is 54.4 Å². The number of furan rings is 1. The number of aromatic nitrogens is 2. The van der Waals surface area contributed by atoms with Gasteiger partial charge in [0.05, 0.1) is 29.3 Å². The van der Waals surface area contributed by atoms with Crippen molar-refractivity contribution in [2.24, 2.45) is 0 Å². The van der Waals surface area contributed by atoms with E-state index in [1.807, 2.05) is 13.0 Å². The first kappa shape index (κ1) is 20.7. The van der Waals surface area contributed by atoms with Crippen LogP contribution in [0.4, 0.5) is 8.78 Å². The normalized spacial score (nSPS) is 11.5. The summed E-state index contributed by atoms with van der Waals surface area (Å²) in [4.78, 5) is 27.8. The minimum atomic E-state index is -1.31. The lowest BCUT2D eigenvalue weighted by molar-refractivity contribution is 0.0687. The fraction of sp³-hybridized carbons (Fsp3) is 0.120. The van der Waals surface area contributed by atoms with E-state index in [9.17, 15) is 23.5 Å². The molecule has 0 atom stereocenters. The number of aromatic amines is 1. The van der Waals surface area contributed by atoms with Crippen LogP contribution in [0.3, 0.4) is 0 Å². The van der Waals surface area contributed by atoms with E-state index in [2.05, 4.69) is 4.98 Å². The van der Waals surface area contributed by atoms with Crippen LogP contribution in [0.15, 0.2) is 64.1 Å². The Balaban J connectivity index is 1.94. The van der Waals surface area contributed by atoms with E-state index < -0.39 is 23.2 Å². The van der Waals surface area contributed by atoms with Crippen molar-refractivity contribution in [2.45, 2.75) is 19.9 Å². The van der Waals surface area contributed by atoms with Crippen molar-refractivity contribution in [3.05, 3.63) is 93.7 Å². The first-order valence-electron chi connectivity index (χ1n) is 10.3. The lowest BCUT2D eigenvalue weighted by Crippen LogP contribution is -2.14. The summed E-state index contributed by atoms with van der Waals surface area (Å²) in [6.07, 6.45) is 3.75. The molecule has 2 N–H and O–H groups in total. The number of fused-ring (bicyclic) bond motifs is 3. The molecule has 0 bridgehead atoms. The largest absolute Gasteiger partial charge is 0.477 e. The van der Waals surface area contributed by atoms with Crippen molar-refractivity contribution in [3.8, 4) is 11.1 Å². The number of hydrogen-bond donors (Lipinski definition) is 2. The molecule has 0 spiro atoms. The Bertz CT molecular complexity index is 1610. The molecule has 0 aliphatic heterocycles. The molecular weight excluding hydrogens is 430 g/mol. The van der Waals surface area contributed by atoms with Gasteiger partial charge in [-0.25, -0.2) is 13.6 Å². The van der Waals surface area contributed by atoms with Crippen LogP contribution >= 0.6 is 0 Å². The SMILES string of the molecule is CCc1coc2c1ccc1c2c(-c2ccc[nH]c2=O)c(C(=O)O)n1Cc1cc(F)ccc1F. The first-order chi connectivity index (χ1) is 15.9. The number of hydrogen-bond acceptors (Lipinski definition) is 3. The molecule has 5 aromatic rings. The topological polar surface area (TPSA) is 88.2 Å². The molecule has 5 rings (SSSR count). The first-order valence-corrected chi connectivity index (χ1v) is 10.3. The molecule has 0 aliphatic carbocycles. The van der Waals surface area contributed by atoms with Crippen LogP contribution in [0.25, 0.3) is 33.0 Å². The minimum absolute atomic E-state index is 0.0169. The van der Waals surface area contributed by atoms with Crippen molar-refractivity contribution in [1.82, 2.24) is 9.55 Å². The highest BCUT2D eigenvalue weighted by atomic mass is 19.1. The van der Waals surface area contributed by atoms with Gasteiger partial charge >= 0.3 is 5.97 Å². The molecule has 166 valence electrons. The van der Waals surface area contributed by atoms with E-state index in [1.54, 1.807) is 18.4 Å². The number of benzene rings is 2. The monoisotopic (exact) mass is 448 g/mol. The molecule has 0 unspecified atom stereocenters. The van der Waals surface area contributed by atoms with E-state index in [0.717, 1.165) is 29.1 Å². The number of carbonyl (C=O) groups is 1. The maximum absolute atomic E-state index is 14.5. The number of pyridine rings is 1. The fourth-order valence-corrected chi connectivity index (χ4v) is 4.36. The van der Waals surface area contributed by atoms with Crippen molar-refractivity contribution in [1.29, 1.82) is 0 Å². The van der Waals surface area contributed by atoms with Crippen LogP contribution < -0.4 is 5.56 Å². The summed E-state index contributed by atoms with van der Waals surface area (Å²) in [5.74, 6) is -2.61. The molecule has 3 heterocycles. The Kier molecular flexibility index (Phi) is 4.85. The second-order valence-electron chi connectivity index (χ2n) is 7.71. The quantitative estimate of drug-likeness (QED) is 0.380. The average molecular weight is 448 g/mol. The lowest BCUT2D eigenvalue weighted by Gasteiger charge is -2.10. The zero-order valence-electron chi connectivity index (χ0n) is 17.5. The molecule has 8 heteroatoms. The number of halogens is 2. The van der Waals surface area contributed by atoms with Gasteiger partial charge in [0, 0.05) is 22.7 Å². The van der Waals surface area contributed by atoms with Gasteiger partial charge in [-0.15, -0.1) is 0 Å². The lowest BCUT2D eigenvalue weighted by atomic mass is 10.0. The summed E-state index contributed by atoms with van der Waals surface area (Å²) >= 11 is 0. The molecular formula is C25H18F2N2O4. The molecule has 6 nitrogen and oxygen atoms in total. The Morgan fingerprint density at radius 2 is 1.97 bits per heavy atom. The van der Waals surface area contributed by atoms with Gasteiger partial charge in [0.15, 0.2) is 0 Å². The number of nitrogens with one attached hydrogen (secondary N) is 1. The predicted molar refractivity (Wildman–Crippen MR) is 120 cm³/mol. The third-order valence-corrected chi connectivity index (χ3v) is 5.86. The number of nitrogens with zero attached hydrogens (tertiary/aromatic N) is 1. The van der Waals surface area contributed by atoms with Gasteiger partial charge in [-0.1, -0.05) is 6.92 Å². The van der Waals surface area contributed by atoms with Gasteiger partial charge in [-0.3, -0.25) is 4.79 Å². The molecule has 0 radical (unpaired) electrons. The Labute approximate surface area is 185 Å². The summed E-state index contributed by atoms with van der Waals surface area (Å²) < 4.78 is 35.6. The second-order valence-corrected chi connectivity index (χ2v) is 7.71. The molecule has 3 aromatic heterocycles. The van der Waals surface area contributed by atoms with Crippen LogP contribution in [0.1, 0.15) is 28.5 Å². The van der Waals surface area contributed by atoms with Crippen molar-refractivity contribution in [2.75, 3.05) is 0 Å². The highest BCUT2D eigenvalue weighted by Gasteiger charge is 2.28. The third-order valence-electron chi connectivity index (χ3n) is 5.86. The van der Waals surface area contributed by atoms with Gasteiger partial charge in [0.1, 0.15) is 22.9 Å². The maximum atomic E-state index is 14.5. The summed E-state index contributed by atoms with van der Waals surface area (Å²) in [6.45, 7) is 1.72. The molecule has 0 saturated heterocycles. The molecule has 33 heavy (non-hydrogen) atoms. The summed E-state index contributed by atoms with van der Waals surface area (Å²) in [6, 6.07) is 9.67. The molecule has 0 saturated carbocycles. The van der Waals surface area contributed by atoms with E-state index in [4.69, 9.17) is 4.42 Å². The standard InChI is InChI=1S/C25H18F2N2O4/c1-2-13-12-33-23-16(13)6-8-19-21(23)20(17-4-3-9-28-24(17)30)22(25(31)32)29(19)11-14-10-15(26)5-7-18(14)27/h3-10,12H,2,11H2,1H3,(H,28,30)(H,31,32). The van der Waals surface area contributed by atoms with Gasteiger partial charge in [0.25, 0.3) is 5.56 Å². The average Bonchev–Trinajstić information content (AvgIpc) is 3.35. The van der Waals surface area contributed by atoms with E-state index >= 15 is 0 Å². The van der Waals surface area contributed by atoms with Crippen LogP contribution in [0.2, 0.25) is 0 Å². The summed E-state index contributed by atoms with van der Waals surface area (Å²) in [5, 5.41) is 11.4. The Hall–Kier alpha value is -4.20. The van der Waals surface area contributed by atoms with Gasteiger partial charge in [0.2, 0.25) is 0 Å². The fourth-order valence-electron chi connectivity index (χ4n) is 4.36. The summed E-state index contributed by atoms with van der Waals surface area (Å²) in [7, 11) is 0. The minimum Gasteiger partial charge on any atom is -0.477 e. The Morgan fingerprint density at radius 1 is 1.15 bits per heavy atom. The number of carboxylic acids is 1. The highest BCUT2D eigenvalue weighted by Crippen LogP contribution is 2.40. The maximum Gasteiger partial charge on any atom is 0.353 e.